The topological polar surface area (TPSA) is 109 Å². The van der Waals surface area contributed by atoms with Crippen molar-refractivity contribution in [3.63, 3.8) is 0 Å². The summed E-state index contributed by atoms with van der Waals surface area (Å²) < 4.78 is 10.5. The molecule has 0 saturated carbocycles. The van der Waals surface area contributed by atoms with Crippen LogP contribution in [0.5, 0.6) is 11.5 Å². The normalized spacial score (nSPS) is 10.6. The molecule has 0 atom stereocenters. The molecule has 0 fully saturated rings. The Balaban J connectivity index is 1.51. The number of phenols is 2. The van der Waals surface area contributed by atoms with E-state index in [0.29, 0.717) is 22.1 Å². The Bertz CT molecular complexity index is 1040. The van der Waals surface area contributed by atoms with Crippen molar-refractivity contribution in [3.05, 3.63) is 70.4 Å². The van der Waals surface area contributed by atoms with E-state index in [1.807, 2.05) is 12.1 Å². The second-order valence-corrected chi connectivity index (χ2v) is 6.69. The van der Waals surface area contributed by atoms with Crippen molar-refractivity contribution in [2.75, 3.05) is 6.61 Å². The first-order valence-electron chi connectivity index (χ1n) is 8.65. The number of nitrogens with one attached hydrogen (secondary N) is 1. The average molecular weight is 416 g/mol. The third-order valence-corrected chi connectivity index (χ3v) is 4.41. The van der Waals surface area contributed by atoms with Gasteiger partial charge in [0.2, 0.25) is 0 Å². The number of halogens is 1. The highest BCUT2D eigenvalue weighted by atomic mass is 35.5. The second kappa shape index (κ2) is 8.70. The zero-order valence-electron chi connectivity index (χ0n) is 15.4. The number of carbonyl (C=O) groups is 2. The molecule has 29 heavy (non-hydrogen) atoms. The lowest BCUT2D eigenvalue weighted by Crippen LogP contribution is -2.28. The van der Waals surface area contributed by atoms with Crippen LogP contribution in [-0.4, -0.2) is 28.7 Å². The lowest BCUT2D eigenvalue weighted by Gasteiger charge is -2.09. The highest BCUT2D eigenvalue weighted by Gasteiger charge is 2.18. The van der Waals surface area contributed by atoms with Gasteiger partial charge in [-0.2, -0.15) is 0 Å². The number of benzene rings is 2. The summed E-state index contributed by atoms with van der Waals surface area (Å²) in [5, 5.41) is 22.7. The molecule has 7 nitrogen and oxygen atoms in total. The number of aromatic hydroxyl groups is 2. The van der Waals surface area contributed by atoms with E-state index in [4.69, 9.17) is 20.8 Å². The van der Waals surface area contributed by atoms with Crippen molar-refractivity contribution >= 4 is 23.5 Å². The van der Waals surface area contributed by atoms with Gasteiger partial charge in [0.05, 0.1) is 6.54 Å². The van der Waals surface area contributed by atoms with Gasteiger partial charge in [0.15, 0.2) is 18.1 Å². The average Bonchev–Trinajstić information content (AvgIpc) is 3.18. The van der Waals surface area contributed by atoms with Gasteiger partial charge in [-0.05, 0) is 55.0 Å². The van der Waals surface area contributed by atoms with E-state index in [1.54, 1.807) is 31.2 Å². The Labute approximate surface area is 171 Å². The zero-order valence-corrected chi connectivity index (χ0v) is 16.2. The van der Waals surface area contributed by atoms with Crippen LogP contribution < -0.4 is 5.32 Å². The summed E-state index contributed by atoms with van der Waals surface area (Å²) in [5.74, 6) is -1.30. The van der Waals surface area contributed by atoms with Crippen molar-refractivity contribution < 1.29 is 29.0 Å². The highest BCUT2D eigenvalue weighted by Crippen LogP contribution is 2.32. The van der Waals surface area contributed by atoms with Crippen LogP contribution >= 0.6 is 11.6 Å². The summed E-state index contributed by atoms with van der Waals surface area (Å²) in [4.78, 5) is 23.9. The number of esters is 1. The number of hydrogen-bond donors (Lipinski definition) is 3. The molecule has 3 N–H and O–H groups in total. The van der Waals surface area contributed by atoms with Gasteiger partial charge in [-0.1, -0.05) is 17.7 Å². The molecule has 3 aromatic rings. The van der Waals surface area contributed by atoms with Crippen LogP contribution in [0.4, 0.5) is 0 Å². The largest absolute Gasteiger partial charge is 0.504 e. The van der Waals surface area contributed by atoms with Crippen molar-refractivity contribution in [1.82, 2.24) is 5.32 Å². The lowest BCUT2D eigenvalue weighted by atomic mass is 10.1. The zero-order chi connectivity index (χ0) is 21.0. The van der Waals surface area contributed by atoms with Crippen LogP contribution in [0.15, 0.2) is 52.9 Å². The maximum Gasteiger partial charge on any atom is 0.342 e. The van der Waals surface area contributed by atoms with E-state index in [-0.39, 0.29) is 12.1 Å². The second-order valence-electron chi connectivity index (χ2n) is 6.25. The minimum atomic E-state index is -0.920. The number of aryl methyl sites for hydroxylation is 1. The minimum Gasteiger partial charge on any atom is -0.504 e. The molecule has 0 bridgehead atoms. The van der Waals surface area contributed by atoms with Crippen LogP contribution in [0, 0.1) is 6.92 Å². The number of ether oxygens (including phenoxy) is 1. The van der Waals surface area contributed by atoms with Crippen LogP contribution in [-0.2, 0) is 16.1 Å². The number of phenolic OH excluding ortho intramolecular Hbond substituents is 2. The molecule has 0 spiro atoms. The summed E-state index contributed by atoms with van der Waals surface area (Å²) >= 11 is 5.86. The van der Waals surface area contributed by atoms with Gasteiger partial charge in [0.25, 0.3) is 5.91 Å². The first kappa shape index (κ1) is 20.3. The van der Waals surface area contributed by atoms with Crippen LogP contribution in [0.1, 0.15) is 21.7 Å². The molecule has 8 heteroatoms. The summed E-state index contributed by atoms with van der Waals surface area (Å²) in [6.45, 7) is 1.14. The molecule has 0 radical (unpaired) electrons. The van der Waals surface area contributed by atoms with E-state index < -0.39 is 30.0 Å². The molecule has 0 aliphatic heterocycles. The van der Waals surface area contributed by atoms with Crippen molar-refractivity contribution in [1.29, 1.82) is 0 Å². The quantitative estimate of drug-likeness (QED) is 0.417. The number of hydrogen-bond acceptors (Lipinski definition) is 6. The fourth-order valence-corrected chi connectivity index (χ4v) is 2.66. The van der Waals surface area contributed by atoms with Crippen molar-refractivity contribution in [2.24, 2.45) is 0 Å². The standard InChI is InChI=1S/C21H18ClNO6/c1-12-2-8-16(20(26)19(12)25)21(27)28-11-18(24)23-10-15-7-9-17(29-15)13-3-5-14(22)6-4-13/h2-9,25-26H,10-11H2,1H3,(H,23,24). The number of carbonyl (C=O) groups excluding carboxylic acids is 2. The van der Waals surface area contributed by atoms with Gasteiger partial charge < -0.3 is 24.7 Å². The predicted molar refractivity (Wildman–Crippen MR) is 106 cm³/mol. The highest BCUT2D eigenvalue weighted by molar-refractivity contribution is 6.30. The fraction of sp³-hybridized carbons (Fsp3) is 0.143. The number of rotatable bonds is 6. The summed E-state index contributed by atoms with van der Waals surface area (Å²) in [7, 11) is 0. The molecule has 2 aromatic carbocycles. The Morgan fingerprint density at radius 2 is 1.76 bits per heavy atom. The van der Waals surface area contributed by atoms with Crippen LogP contribution in [0.2, 0.25) is 5.02 Å². The SMILES string of the molecule is Cc1ccc(C(=O)OCC(=O)NCc2ccc(-c3ccc(Cl)cc3)o2)c(O)c1O. The van der Waals surface area contributed by atoms with E-state index in [0.717, 1.165) is 5.56 Å². The Hall–Kier alpha value is -3.45. The third kappa shape index (κ3) is 4.89. The van der Waals surface area contributed by atoms with Gasteiger partial charge in [-0.25, -0.2) is 4.79 Å². The van der Waals surface area contributed by atoms with E-state index in [9.17, 15) is 19.8 Å². The number of furan rings is 1. The lowest BCUT2D eigenvalue weighted by molar-refractivity contribution is -0.124. The fourth-order valence-electron chi connectivity index (χ4n) is 2.53. The van der Waals surface area contributed by atoms with Gasteiger partial charge in [-0.3, -0.25) is 4.79 Å². The monoisotopic (exact) mass is 415 g/mol. The molecular formula is C21H18ClNO6. The maximum atomic E-state index is 12.0. The van der Waals surface area contributed by atoms with E-state index >= 15 is 0 Å². The van der Waals surface area contributed by atoms with Gasteiger partial charge in [0.1, 0.15) is 17.1 Å². The number of amides is 1. The third-order valence-electron chi connectivity index (χ3n) is 4.16. The van der Waals surface area contributed by atoms with Crippen LogP contribution in [0.3, 0.4) is 0 Å². The molecule has 3 rings (SSSR count). The Morgan fingerprint density at radius 1 is 1.03 bits per heavy atom. The molecule has 1 amide bonds. The minimum absolute atomic E-state index is 0.112. The van der Waals surface area contributed by atoms with E-state index in [2.05, 4.69) is 5.32 Å². The van der Waals surface area contributed by atoms with Gasteiger partial charge in [0, 0.05) is 10.6 Å². The van der Waals surface area contributed by atoms with Crippen molar-refractivity contribution in [2.45, 2.75) is 13.5 Å². The summed E-state index contributed by atoms with van der Waals surface area (Å²) in [6.07, 6.45) is 0. The maximum absolute atomic E-state index is 12.0. The first-order chi connectivity index (χ1) is 13.8. The Kier molecular flexibility index (Phi) is 6.09. The van der Waals surface area contributed by atoms with Gasteiger partial charge in [-0.15, -0.1) is 0 Å². The van der Waals surface area contributed by atoms with Crippen molar-refractivity contribution in [3.8, 4) is 22.8 Å². The van der Waals surface area contributed by atoms with E-state index in [1.165, 1.54) is 12.1 Å². The smallest absolute Gasteiger partial charge is 0.342 e. The Morgan fingerprint density at radius 3 is 2.48 bits per heavy atom. The molecule has 0 aliphatic rings. The molecule has 0 unspecified atom stereocenters. The van der Waals surface area contributed by atoms with Gasteiger partial charge >= 0.3 is 5.97 Å². The summed E-state index contributed by atoms with van der Waals surface area (Å²) in [6, 6.07) is 13.4. The molecular weight excluding hydrogens is 398 g/mol. The predicted octanol–water partition coefficient (Wildman–Crippen LogP) is 3.79. The summed E-state index contributed by atoms with van der Waals surface area (Å²) in [5.41, 5.74) is 1.04. The molecule has 0 aliphatic carbocycles. The molecule has 150 valence electrons. The molecule has 1 heterocycles. The molecule has 1 aromatic heterocycles. The van der Waals surface area contributed by atoms with Crippen LogP contribution in [0.25, 0.3) is 11.3 Å². The molecule has 0 saturated heterocycles. The first-order valence-corrected chi connectivity index (χ1v) is 9.03.